The first-order chi connectivity index (χ1) is 9.15. The van der Waals surface area contributed by atoms with Gasteiger partial charge in [0.05, 0.1) is 19.8 Å². The van der Waals surface area contributed by atoms with Gasteiger partial charge in [0.15, 0.2) is 5.78 Å². The third kappa shape index (κ3) is 2.85. The molecule has 0 aliphatic carbocycles. The second-order valence-corrected chi connectivity index (χ2v) is 4.15. The van der Waals surface area contributed by atoms with Gasteiger partial charge >= 0.3 is 0 Å². The fourth-order valence-electron chi connectivity index (χ4n) is 1.66. The summed E-state index contributed by atoms with van der Waals surface area (Å²) in [5, 5.41) is 0.342. The Morgan fingerprint density at radius 1 is 1.16 bits per heavy atom. The number of pyridine rings is 1. The van der Waals surface area contributed by atoms with Crippen molar-refractivity contribution >= 4 is 17.4 Å². The molecule has 0 spiro atoms. The highest BCUT2D eigenvalue weighted by Crippen LogP contribution is 2.26. The lowest BCUT2D eigenvalue weighted by Gasteiger charge is -2.09. The number of hydrogen-bond acceptors (Lipinski definition) is 4. The van der Waals surface area contributed by atoms with Crippen LogP contribution in [0, 0.1) is 0 Å². The van der Waals surface area contributed by atoms with Crippen molar-refractivity contribution in [1.29, 1.82) is 0 Å². The van der Waals surface area contributed by atoms with E-state index in [0.717, 1.165) is 0 Å². The summed E-state index contributed by atoms with van der Waals surface area (Å²) in [6.07, 6.45) is 1.43. The highest BCUT2D eigenvalue weighted by molar-refractivity contribution is 6.29. The average Bonchev–Trinajstić information content (AvgIpc) is 2.46. The molecule has 0 N–H and O–H groups in total. The Morgan fingerprint density at radius 2 is 1.95 bits per heavy atom. The molecular weight excluding hydrogens is 266 g/mol. The monoisotopic (exact) mass is 277 g/mol. The largest absolute Gasteiger partial charge is 0.497 e. The van der Waals surface area contributed by atoms with Gasteiger partial charge in [-0.2, -0.15) is 0 Å². The minimum absolute atomic E-state index is 0.195. The molecule has 2 aromatic rings. The van der Waals surface area contributed by atoms with E-state index in [1.165, 1.54) is 13.3 Å². The molecule has 4 nitrogen and oxygen atoms in total. The predicted molar refractivity (Wildman–Crippen MR) is 72.2 cm³/mol. The van der Waals surface area contributed by atoms with Crippen LogP contribution in [-0.4, -0.2) is 25.0 Å². The quantitative estimate of drug-likeness (QED) is 0.637. The predicted octanol–water partition coefficient (Wildman–Crippen LogP) is 2.98. The van der Waals surface area contributed by atoms with Crippen LogP contribution < -0.4 is 9.47 Å². The highest BCUT2D eigenvalue weighted by Gasteiger charge is 2.16. The van der Waals surface area contributed by atoms with Crippen LogP contribution in [0.15, 0.2) is 36.5 Å². The SMILES string of the molecule is COc1ccc(OC)c(C(=O)c2ccc(Cl)nc2)c1. The van der Waals surface area contributed by atoms with E-state index in [4.69, 9.17) is 21.1 Å². The lowest BCUT2D eigenvalue weighted by molar-refractivity contribution is 0.103. The number of carbonyl (C=O) groups is 1. The molecule has 0 unspecified atom stereocenters. The summed E-state index contributed by atoms with van der Waals surface area (Å²) in [7, 11) is 3.05. The molecule has 0 atom stereocenters. The first-order valence-electron chi connectivity index (χ1n) is 5.54. The first kappa shape index (κ1) is 13.4. The minimum atomic E-state index is -0.195. The van der Waals surface area contributed by atoms with Crippen LogP contribution in [0.25, 0.3) is 0 Å². The summed E-state index contributed by atoms with van der Waals surface area (Å²) < 4.78 is 10.3. The Kier molecular flexibility index (Phi) is 4.02. The number of hydrogen-bond donors (Lipinski definition) is 0. The van der Waals surface area contributed by atoms with E-state index in [0.29, 0.717) is 27.8 Å². The highest BCUT2D eigenvalue weighted by atomic mass is 35.5. The van der Waals surface area contributed by atoms with Gasteiger partial charge < -0.3 is 9.47 Å². The fraction of sp³-hybridized carbons (Fsp3) is 0.143. The van der Waals surface area contributed by atoms with Crippen molar-refractivity contribution in [1.82, 2.24) is 4.98 Å². The summed E-state index contributed by atoms with van der Waals surface area (Å²) in [6, 6.07) is 8.25. The zero-order chi connectivity index (χ0) is 13.8. The summed E-state index contributed by atoms with van der Waals surface area (Å²) in [5.41, 5.74) is 0.863. The van der Waals surface area contributed by atoms with Crippen LogP contribution >= 0.6 is 11.6 Å². The molecule has 0 aliphatic rings. The lowest BCUT2D eigenvalue weighted by atomic mass is 10.0. The number of rotatable bonds is 4. The topological polar surface area (TPSA) is 48.4 Å². The Balaban J connectivity index is 2.44. The van der Waals surface area contributed by atoms with Crippen molar-refractivity contribution in [2.45, 2.75) is 0 Å². The normalized spacial score (nSPS) is 10.1. The Morgan fingerprint density at radius 3 is 2.53 bits per heavy atom. The first-order valence-corrected chi connectivity index (χ1v) is 5.92. The maximum Gasteiger partial charge on any atom is 0.198 e. The van der Waals surface area contributed by atoms with Crippen LogP contribution in [-0.2, 0) is 0 Å². The van der Waals surface area contributed by atoms with E-state index in [1.807, 2.05) is 0 Å². The molecule has 0 radical (unpaired) electrons. The van der Waals surface area contributed by atoms with Crippen LogP contribution in [0.2, 0.25) is 5.15 Å². The van der Waals surface area contributed by atoms with Gasteiger partial charge in [-0.05, 0) is 30.3 Å². The van der Waals surface area contributed by atoms with Crippen molar-refractivity contribution < 1.29 is 14.3 Å². The van der Waals surface area contributed by atoms with Crippen molar-refractivity contribution in [3.63, 3.8) is 0 Å². The summed E-state index contributed by atoms with van der Waals surface area (Å²) in [4.78, 5) is 16.3. The van der Waals surface area contributed by atoms with E-state index in [-0.39, 0.29) is 5.78 Å². The average molecular weight is 278 g/mol. The van der Waals surface area contributed by atoms with E-state index in [9.17, 15) is 4.79 Å². The maximum absolute atomic E-state index is 12.4. The van der Waals surface area contributed by atoms with Gasteiger partial charge in [-0.1, -0.05) is 11.6 Å². The molecule has 0 amide bonds. The van der Waals surface area contributed by atoms with Crippen molar-refractivity contribution in [3.05, 3.63) is 52.8 Å². The zero-order valence-corrected chi connectivity index (χ0v) is 11.3. The number of nitrogens with zero attached hydrogens (tertiary/aromatic N) is 1. The number of carbonyl (C=O) groups excluding carboxylic acids is 1. The number of ketones is 1. The van der Waals surface area contributed by atoms with Crippen molar-refractivity contribution in [2.24, 2.45) is 0 Å². The van der Waals surface area contributed by atoms with Gasteiger partial charge in [-0.15, -0.1) is 0 Å². The second-order valence-electron chi connectivity index (χ2n) is 3.76. The molecule has 19 heavy (non-hydrogen) atoms. The molecule has 0 bridgehead atoms. The van der Waals surface area contributed by atoms with Crippen LogP contribution in [0.4, 0.5) is 0 Å². The summed E-state index contributed by atoms with van der Waals surface area (Å²) in [6.45, 7) is 0. The number of methoxy groups -OCH3 is 2. The van der Waals surface area contributed by atoms with Crippen molar-refractivity contribution in [2.75, 3.05) is 14.2 Å². The number of ether oxygens (including phenoxy) is 2. The van der Waals surface area contributed by atoms with Gasteiger partial charge in [0.25, 0.3) is 0 Å². The van der Waals surface area contributed by atoms with Crippen LogP contribution in [0.3, 0.4) is 0 Å². The van der Waals surface area contributed by atoms with Crippen molar-refractivity contribution in [3.8, 4) is 11.5 Å². The maximum atomic E-state index is 12.4. The number of benzene rings is 1. The summed E-state index contributed by atoms with van der Waals surface area (Å²) in [5.74, 6) is 0.881. The molecule has 2 rings (SSSR count). The Bertz CT molecular complexity index is 596. The third-order valence-corrected chi connectivity index (χ3v) is 2.86. The van der Waals surface area contributed by atoms with E-state index < -0.39 is 0 Å². The Labute approximate surface area is 115 Å². The lowest BCUT2D eigenvalue weighted by Crippen LogP contribution is -2.05. The smallest absolute Gasteiger partial charge is 0.198 e. The van der Waals surface area contributed by atoms with E-state index >= 15 is 0 Å². The molecule has 0 aliphatic heterocycles. The minimum Gasteiger partial charge on any atom is -0.497 e. The van der Waals surface area contributed by atoms with Gasteiger partial charge in [-0.25, -0.2) is 4.98 Å². The fourth-order valence-corrected chi connectivity index (χ4v) is 1.77. The molecule has 0 saturated heterocycles. The standard InChI is InChI=1S/C14H12ClNO3/c1-18-10-4-5-12(19-2)11(7-10)14(17)9-3-6-13(15)16-8-9/h3-8H,1-2H3. The van der Waals surface area contributed by atoms with Gasteiger partial charge in [0.1, 0.15) is 16.7 Å². The van der Waals surface area contributed by atoms with Gasteiger partial charge in [0, 0.05) is 11.8 Å². The van der Waals surface area contributed by atoms with Crippen LogP contribution in [0.5, 0.6) is 11.5 Å². The Hall–Kier alpha value is -2.07. The van der Waals surface area contributed by atoms with E-state index in [1.54, 1.807) is 37.4 Å². The number of aromatic nitrogens is 1. The molecule has 0 fully saturated rings. The second kappa shape index (κ2) is 5.71. The van der Waals surface area contributed by atoms with Gasteiger partial charge in [-0.3, -0.25) is 4.79 Å². The molecule has 98 valence electrons. The molecule has 1 heterocycles. The van der Waals surface area contributed by atoms with Crippen LogP contribution in [0.1, 0.15) is 15.9 Å². The number of halogens is 1. The molecule has 1 aromatic carbocycles. The third-order valence-electron chi connectivity index (χ3n) is 2.64. The molecule has 0 saturated carbocycles. The molecular formula is C14H12ClNO3. The summed E-state index contributed by atoms with van der Waals surface area (Å²) >= 11 is 5.70. The zero-order valence-electron chi connectivity index (χ0n) is 10.5. The van der Waals surface area contributed by atoms with E-state index in [2.05, 4.69) is 4.98 Å². The molecule has 5 heteroatoms. The van der Waals surface area contributed by atoms with Gasteiger partial charge in [0.2, 0.25) is 0 Å². The molecule has 1 aromatic heterocycles.